The number of benzene rings is 1. The molecular weight excluding hydrogens is 372 g/mol. The highest BCUT2D eigenvalue weighted by molar-refractivity contribution is 14.1. The van der Waals surface area contributed by atoms with Gasteiger partial charge in [0.15, 0.2) is 0 Å². The number of carbonyl (C=O) groups excluding carboxylic acids is 1. The fourth-order valence-electron chi connectivity index (χ4n) is 1.31. The minimum absolute atomic E-state index is 0.103. The van der Waals surface area contributed by atoms with E-state index >= 15 is 0 Å². The molecule has 0 spiro atoms. The van der Waals surface area contributed by atoms with Crippen LogP contribution >= 0.6 is 22.6 Å². The predicted molar refractivity (Wildman–Crippen MR) is 74.1 cm³/mol. The third kappa shape index (κ3) is 7.19. The smallest absolute Gasteiger partial charge is 0.410 e. The van der Waals surface area contributed by atoms with E-state index in [-0.39, 0.29) is 22.7 Å². The van der Waals surface area contributed by atoms with E-state index in [9.17, 15) is 18.0 Å². The van der Waals surface area contributed by atoms with Crippen molar-refractivity contribution in [2.45, 2.75) is 19.0 Å². The van der Waals surface area contributed by atoms with E-state index in [1.165, 1.54) is 0 Å². The number of allylic oxidation sites excluding steroid dienone is 2. The maximum absolute atomic E-state index is 12.0. The van der Waals surface area contributed by atoms with Crippen molar-refractivity contribution in [2.24, 2.45) is 0 Å². The molecule has 0 bridgehead atoms. The number of carbonyl (C=O) groups is 1. The van der Waals surface area contributed by atoms with Crippen LogP contribution in [0, 0.1) is 0 Å². The Balaban J connectivity index is 2.29. The van der Waals surface area contributed by atoms with Crippen molar-refractivity contribution in [3.05, 3.63) is 45.6 Å². The second-order valence-electron chi connectivity index (χ2n) is 3.74. The van der Waals surface area contributed by atoms with Crippen LogP contribution in [0.2, 0.25) is 0 Å². The Bertz CT molecular complexity index is 441. The lowest BCUT2D eigenvalue weighted by Crippen LogP contribution is -2.06. The molecule has 0 aliphatic carbocycles. The molecule has 0 aliphatic heterocycles. The van der Waals surface area contributed by atoms with Crippen molar-refractivity contribution >= 4 is 28.6 Å². The van der Waals surface area contributed by atoms with Gasteiger partial charge in [-0.2, -0.15) is 13.2 Å². The summed E-state index contributed by atoms with van der Waals surface area (Å²) in [5, 5.41) is 0. The van der Waals surface area contributed by atoms with Crippen LogP contribution in [0.25, 0.3) is 0 Å². The van der Waals surface area contributed by atoms with Crippen molar-refractivity contribution in [1.82, 2.24) is 0 Å². The Kier molecular flexibility index (Phi) is 6.33. The number of rotatable bonds is 5. The fraction of sp³-hybridized carbons (Fsp3) is 0.308. The van der Waals surface area contributed by atoms with Crippen LogP contribution in [0.4, 0.5) is 13.2 Å². The van der Waals surface area contributed by atoms with Crippen LogP contribution in [-0.4, -0.2) is 18.8 Å². The summed E-state index contributed by atoms with van der Waals surface area (Å²) >= 11 is 1.64. The second kappa shape index (κ2) is 7.52. The standard InChI is InChI=1S/C13H12F3IO2/c14-13(15,16)9-11(17)7-4-8-19-12(18)10-5-2-1-3-6-10/h1-3,5-6,9H,4,7-8H2. The molecule has 6 heteroatoms. The molecule has 2 nitrogen and oxygen atoms in total. The molecule has 0 aliphatic rings. The van der Waals surface area contributed by atoms with Gasteiger partial charge in [-0.1, -0.05) is 18.2 Å². The largest absolute Gasteiger partial charge is 0.462 e. The van der Waals surface area contributed by atoms with Gasteiger partial charge >= 0.3 is 12.1 Å². The van der Waals surface area contributed by atoms with Gasteiger partial charge < -0.3 is 4.74 Å². The molecule has 0 fully saturated rings. The van der Waals surface area contributed by atoms with Crippen LogP contribution in [0.1, 0.15) is 23.2 Å². The minimum atomic E-state index is -4.29. The summed E-state index contributed by atoms with van der Waals surface area (Å²) < 4.78 is 41.1. The summed E-state index contributed by atoms with van der Waals surface area (Å²) in [5.41, 5.74) is 0.433. The Morgan fingerprint density at radius 1 is 1.26 bits per heavy atom. The van der Waals surface area contributed by atoms with Gasteiger partial charge in [-0.05, 0) is 51.1 Å². The van der Waals surface area contributed by atoms with Gasteiger partial charge in [0, 0.05) is 6.08 Å². The second-order valence-corrected chi connectivity index (χ2v) is 5.12. The molecule has 1 aromatic rings. The molecule has 0 atom stereocenters. The number of hydrogen-bond donors (Lipinski definition) is 0. The van der Waals surface area contributed by atoms with Gasteiger partial charge in [0.1, 0.15) is 0 Å². The quantitative estimate of drug-likeness (QED) is 0.425. The van der Waals surface area contributed by atoms with Gasteiger partial charge in [0.25, 0.3) is 0 Å². The number of esters is 1. The lowest BCUT2D eigenvalue weighted by molar-refractivity contribution is -0.0801. The molecule has 0 amide bonds. The lowest BCUT2D eigenvalue weighted by atomic mass is 10.2. The Hall–Kier alpha value is -1.05. The van der Waals surface area contributed by atoms with Gasteiger partial charge in [-0.15, -0.1) is 0 Å². The molecule has 0 heterocycles. The predicted octanol–water partition coefficient (Wildman–Crippen LogP) is 4.50. The van der Waals surface area contributed by atoms with E-state index in [1.807, 2.05) is 0 Å². The molecule has 104 valence electrons. The first-order valence-corrected chi connectivity index (χ1v) is 6.62. The Labute approximate surface area is 122 Å². The Morgan fingerprint density at radius 2 is 1.89 bits per heavy atom. The number of ether oxygens (including phenoxy) is 1. The van der Waals surface area contributed by atoms with Gasteiger partial charge in [0.05, 0.1) is 12.2 Å². The summed E-state index contributed by atoms with van der Waals surface area (Å²) in [7, 11) is 0. The van der Waals surface area contributed by atoms with Crippen LogP contribution in [0.15, 0.2) is 40.0 Å². The normalized spacial score (nSPS) is 12.3. The third-order valence-electron chi connectivity index (χ3n) is 2.12. The Morgan fingerprint density at radius 3 is 2.47 bits per heavy atom. The van der Waals surface area contributed by atoms with Crippen molar-refractivity contribution < 1.29 is 22.7 Å². The van der Waals surface area contributed by atoms with Crippen molar-refractivity contribution in [3.63, 3.8) is 0 Å². The molecule has 0 saturated carbocycles. The van der Waals surface area contributed by atoms with Crippen LogP contribution in [0.3, 0.4) is 0 Å². The molecule has 0 saturated heterocycles. The molecule has 0 N–H and O–H groups in total. The minimum Gasteiger partial charge on any atom is -0.462 e. The van der Waals surface area contributed by atoms with E-state index < -0.39 is 12.1 Å². The van der Waals surface area contributed by atoms with Crippen LogP contribution in [0.5, 0.6) is 0 Å². The summed E-state index contributed by atoms with van der Waals surface area (Å²) in [6, 6.07) is 8.45. The number of halogens is 4. The SMILES string of the molecule is O=C(OCCCC(I)=CC(F)(F)F)c1ccccc1. The highest BCUT2D eigenvalue weighted by Gasteiger charge is 2.23. The summed E-state index contributed by atoms with van der Waals surface area (Å²) in [6.07, 6.45) is -3.44. The van der Waals surface area contributed by atoms with Crippen molar-refractivity contribution in [1.29, 1.82) is 0 Å². The van der Waals surface area contributed by atoms with E-state index in [2.05, 4.69) is 0 Å². The average molecular weight is 384 g/mol. The number of alkyl halides is 3. The molecule has 0 aromatic heterocycles. The van der Waals surface area contributed by atoms with Gasteiger partial charge in [0.2, 0.25) is 0 Å². The van der Waals surface area contributed by atoms with Gasteiger partial charge in [-0.3, -0.25) is 0 Å². The third-order valence-corrected chi connectivity index (χ3v) is 2.97. The highest BCUT2D eigenvalue weighted by Crippen LogP contribution is 2.24. The highest BCUT2D eigenvalue weighted by atomic mass is 127. The molecule has 19 heavy (non-hydrogen) atoms. The van der Waals surface area contributed by atoms with Crippen LogP contribution < -0.4 is 0 Å². The van der Waals surface area contributed by atoms with E-state index in [4.69, 9.17) is 4.74 Å². The van der Waals surface area contributed by atoms with Crippen molar-refractivity contribution in [2.75, 3.05) is 6.61 Å². The first kappa shape index (κ1) is 16.0. The molecular formula is C13H12F3IO2. The van der Waals surface area contributed by atoms with Gasteiger partial charge in [-0.25, -0.2) is 4.79 Å². The molecule has 0 radical (unpaired) electrons. The topological polar surface area (TPSA) is 26.3 Å². The monoisotopic (exact) mass is 384 g/mol. The van der Waals surface area contributed by atoms with Crippen molar-refractivity contribution in [3.8, 4) is 0 Å². The summed E-state index contributed by atoms with van der Waals surface area (Å²) in [5.74, 6) is -0.463. The van der Waals surface area contributed by atoms with E-state index in [1.54, 1.807) is 52.9 Å². The lowest BCUT2D eigenvalue weighted by Gasteiger charge is -2.05. The van der Waals surface area contributed by atoms with E-state index in [0.717, 1.165) is 0 Å². The zero-order valence-corrected chi connectivity index (χ0v) is 12.1. The first-order valence-electron chi connectivity index (χ1n) is 5.54. The average Bonchev–Trinajstić information content (AvgIpc) is 2.33. The maximum atomic E-state index is 12.0. The first-order chi connectivity index (χ1) is 8.88. The molecule has 0 unspecified atom stereocenters. The summed E-state index contributed by atoms with van der Waals surface area (Å²) in [4.78, 5) is 11.5. The zero-order valence-electron chi connectivity index (χ0n) is 9.91. The fourth-order valence-corrected chi connectivity index (χ4v) is 2.05. The zero-order chi connectivity index (χ0) is 14.3. The number of hydrogen-bond acceptors (Lipinski definition) is 2. The molecule has 1 rings (SSSR count). The maximum Gasteiger partial charge on any atom is 0.410 e. The molecule has 1 aromatic carbocycles. The van der Waals surface area contributed by atoms with E-state index in [0.29, 0.717) is 12.0 Å². The van der Waals surface area contributed by atoms with Crippen LogP contribution in [-0.2, 0) is 4.74 Å². The summed E-state index contributed by atoms with van der Waals surface area (Å²) in [6.45, 7) is 0.103.